The molecule has 0 saturated carbocycles. The van der Waals surface area contributed by atoms with Crippen LogP contribution in [0.25, 0.3) is 20.8 Å². The molecule has 0 atom stereocenters. The monoisotopic (exact) mass is 366 g/mol. The van der Waals surface area contributed by atoms with E-state index in [0.717, 1.165) is 16.2 Å². The summed E-state index contributed by atoms with van der Waals surface area (Å²) in [6.07, 6.45) is 0. The number of thiazole rings is 1. The third-order valence-electron chi connectivity index (χ3n) is 2.78. The molecule has 2 nitrogen and oxygen atoms in total. The van der Waals surface area contributed by atoms with Gasteiger partial charge in [0.2, 0.25) is 0 Å². The van der Waals surface area contributed by atoms with E-state index in [1.807, 2.05) is 13.1 Å². The number of benzene rings is 2. The molecule has 4 heteroatoms. The lowest BCUT2D eigenvalue weighted by molar-refractivity contribution is 1.45. The first-order chi connectivity index (χ1) is 8.78. The highest BCUT2D eigenvalue weighted by Crippen LogP contribution is 2.32. The minimum Gasteiger partial charge on any atom is -0.387 e. The molecule has 2 aromatic carbocycles. The molecule has 0 aliphatic carbocycles. The van der Waals surface area contributed by atoms with Crippen molar-refractivity contribution in [2.24, 2.45) is 0 Å². The zero-order valence-electron chi connectivity index (χ0n) is 9.77. The van der Waals surface area contributed by atoms with Crippen LogP contribution in [0.1, 0.15) is 0 Å². The van der Waals surface area contributed by atoms with E-state index in [9.17, 15) is 0 Å². The number of anilines is 1. The van der Waals surface area contributed by atoms with Crippen molar-refractivity contribution in [1.82, 2.24) is 4.98 Å². The van der Waals surface area contributed by atoms with E-state index in [1.54, 1.807) is 11.3 Å². The average Bonchev–Trinajstić information content (AvgIpc) is 2.82. The fraction of sp³-hybridized carbons (Fsp3) is 0.0714. The maximum Gasteiger partial charge on any atom is 0.124 e. The number of aromatic nitrogens is 1. The predicted octanol–water partition coefficient (Wildman–Crippen LogP) is 4.61. The van der Waals surface area contributed by atoms with Gasteiger partial charge in [-0.15, -0.1) is 11.3 Å². The molecular formula is C14H11IN2S. The van der Waals surface area contributed by atoms with E-state index in [2.05, 4.69) is 69.3 Å². The predicted molar refractivity (Wildman–Crippen MR) is 87.3 cm³/mol. The molecule has 0 unspecified atom stereocenters. The van der Waals surface area contributed by atoms with Gasteiger partial charge in [0, 0.05) is 21.9 Å². The SMILES string of the molecule is CNc1ccc(-c2nc3ccccc3s2)cc1I. The van der Waals surface area contributed by atoms with E-state index in [1.165, 1.54) is 13.8 Å². The van der Waals surface area contributed by atoms with Crippen LogP contribution in [-0.2, 0) is 0 Å². The molecule has 0 amide bonds. The van der Waals surface area contributed by atoms with Gasteiger partial charge in [-0.2, -0.15) is 0 Å². The van der Waals surface area contributed by atoms with E-state index < -0.39 is 0 Å². The number of nitrogens with zero attached hydrogens (tertiary/aromatic N) is 1. The Morgan fingerprint density at radius 2 is 2.00 bits per heavy atom. The Balaban J connectivity index is 2.11. The van der Waals surface area contributed by atoms with E-state index >= 15 is 0 Å². The lowest BCUT2D eigenvalue weighted by Crippen LogP contribution is -1.91. The first kappa shape index (κ1) is 11.9. The average molecular weight is 366 g/mol. The van der Waals surface area contributed by atoms with Crippen LogP contribution in [0.4, 0.5) is 5.69 Å². The normalized spacial score (nSPS) is 10.8. The van der Waals surface area contributed by atoms with E-state index in [-0.39, 0.29) is 0 Å². The van der Waals surface area contributed by atoms with Gasteiger partial charge >= 0.3 is 0 Å². The molecule has 1 heterocycles. The smallest absolute Gasteiger partial charge is 0.124 e. The number of nitrogens with one attached hydrogen (secondary N) is 1. The molecule has 0 bridgehead atoms. The summed E-state index contributed by atoms with van der Waals surface area (Å²) < 4.78 is 2.45. The van der Waals surface area contributed by atoms with Gasteiger partial charge in [-0.3, -0.25) is 0 Å². The molecule has 18 heavy (non-hydrogen) atoms. The quantitative estimate of drug-likeness (QED) is 0.670. The van der Waals surface area contributed by atoms with Crippen LogP contribution >= 0.6 is 33.9 Å². The van der Waals surface area contributed by atoms with Crippen molar-refractivity contribution in [2.45, 2.75) is 0 Å². The van der Waals surface area contributed by atoms with Crippen molar-refractivity contribution >= 4 is 49.8 Å². The third-order valence-corrected chi connectivity index (χ3v) is 4.76. The number of hydrogen-bond donors (Lipinski definition) is 1. The standard InChI is InChI=1S/C14H11IN2S/c1-16-11-7-6-9(8-10(11)15)14-17-12-4-2-3-5-13(12)18-14/h2-8,16H,1H3. The van der Waals surface area contributed by atoms with Gasteiger partial charge in [-0.25, -0.2) is 4.98 Å². The maximum atomic E-state index is 4.67. The highest BCUT2D eigenvalue weighted by atomic mass is 127. The van der Waals surface area contributed by atoms with Crippen molar-refractivity contribution in [3.8, 4) is 10.6 Å². The zero-order chi connectivity index (χ0) is 12.5. The van der Waals surface area contributed by atoms with Crippen molar-refractivity contribution in [3.05, 3.63) is 46.0 Å². The Labute approximate surface area is 123 Å². The minimum absolute atomic E-state index is 1.07. The summed E-state index contributed by atoms with van der Waals surface area (Å²) >= 11 is 4.08. The largest absolute Gasteiger partial charge is 0.387 e. The molecule has 1 aromatic heterocycles. The molecular weight excluding hydrogens is 355 g/mol. The first-order valence-electron chi connectivity index (χ1n) is 5.61. The highest BCUT2D eigenvalue weighted by Gasteiger charge is 2.07. The van der Waals surface area contributed by atoms with Gasteiger partial charge in [-0.1, -0.05) is 12.1 Å². The summed E-state index contributed by atoms with van der Waals surface area (Å²) in [4.78, 5) is 4.67. The van der Waals surface area contributed by atoms with Crippen molar-refractivity contribution in [2.75, 3.05) is 12.4 Å². The van der Waals surface area contributed by atoms with Crippen molar-refractivity contribution in [3.63, 3.8) is 0 Å². The van der Waals surface area contributed by atoms with Crippen LogP contribution in [0, 0.1) is 3.57 Å². The van der Waals surface area contributed by atoms with Crippen molar-refractivity contribution < 1.29 is 0 Å². The summed E-state index contributed by atoms with van der Waals surface area (Å²) in [6, 6.07) is 14.6. The lowest BCUT2D eigenvalue weighted by atomic mass is 10.2. The summed E-state index contributed by atoms with van der Waals surface area (Å²) in [5, 5.41) is 4.26. The topological polar surface area (TPSA) is 24.9 Å². The summed E-state index contributed by atoms with van der Waals surface area (Å²) in [6.45, 7) is 0. The van der Waals surface area contributed by atoms with Crippen LogP contribution < -0.4 is 5.32 Å². The second-order valence-electron chi connectivity index (χ2n) is 3.93. The second-order valence-corrected chi connectivity index (χ2v) is 6.12. The second kappa shape index (κ2) is 4.85. The summed E-state index contributed by atoms with van der Waals surface area (Å²) in [5.74, 6) is 0. The first-order valence-corrected chi connectivity index (χ1v) is 7.51. The molecule has 1 N–H and O–H groups in total. The zero-order valence-corrected chi connectivity index (χ0v) is 12.7. The van der Waals surface area contributed by atoms with Gasteiger partial charge in [0.05, 0.1) is 10.2 Å². The van der Waals surface area contributed by atoms with Crippen LogP contribution in [0.5, 0.6) is 0 Å². The van der Waals surface area contributed by atoms with Crippen molar-refractivity contribution in [1.29, 1.82) is 0 Å². The number of halogens is 1. The van der Waals surface area contributed by atoms with Gasteiger partial charge in [0.25, 0.3) is 0 Å². The molecule has 0 aliphatic rings. The molecule has 0 spiro atoms. The Kier molecular flexibility index (Phi) is 3.22. The summed E-state index contributed by atoms with van der Waals surface area (Å²) in [7, 11) is 1.94. The molecule has 3 rings (SSSR count). The van der Waals surface area contributed by atoms with Gasteiger partial charge in [-0.05, 0) is 52.9 Å². The fourth-order valence-corrected chi connectivity index (χ4v) is 3.59. The Hall–Kier alpha value is -1.14. The number of hydrogen-bond acceptors (Lipinski definition) is 3. The molecule has 3 aromatic rings. The number of para-hydroxylation sites is 1. The molecule has 0 saturated heterocycles. The molecule has 0 fully saturated rings. The van der Waals surface area contributed by atoms with Crippen LogP contribution in [0.2, 0.25) is 0 Å². The fourth-order valence-electron chi connectivity index (χ4n) is 1.85. The molecule has 90 valence electrons. The highest BCUT2D eigenvalue weighted by molar-refractivity contribution is 14.1. The minimum atomic E-state index is 1.07. The Bertz CT molecular complexity index is 673. The van der Waals surface area contributed by atoms with Gasteiger partial charge in [0.15, 0.2) is 0 Å². The third kappa shape index (κ3) is 2.10. The van der Waals surface area contributed by atoms with E-state index in [4.69, 9.17) is 0 Å². The molecule has 0 radical (unpaired) electrons. The van der Waals surface area contributed by atoms with Gasteiger partial charge < -0.3 is 5.32 Å². The van der Waals surface area contributed by atoms with Crippen LogP contribution in [-0.4, -0.2) is 12.0 Å². The number of rotatable bonds is 2. The number of fused-ring (bicyclic) bond motifs is 1. The van der Waals surface area contributed by atoms with Crippen LogP contribution in [0.3, 0.4) is 0 Å². The van der Waals surface area contributed by atoms with Crippen LogP contribution in [0.15, 0.2) is 42.5 Å². The Morgan fingerprint density at radius 1 is 1.17 bits per heavy atom. The summed E-state index contributed by atoms with van der Waals surface area (Å²) in [5.41, 5.74) is 3.41. The lowest BCUT2D eigenvalue weighted by Gasteiger charge is -2.04. The Morgan fingerprint density at radius 3 is 2.72 bits per heavy atom. The molecule has 0 aliphatic heterocycles. The van der Waals surface area contributed by atoms with E-state index in [0.29, 0.717) is 0 Å². The van der Waals surface area contributed by atoms with Gasteiger partial charge in [0.1, 0.15) is 5.01 Å². The maximum absolute atomic E-state index is 4.67.